The van der Waals surface area contributed by atoms with Crippen LogP contribution in [0.15, 0.2) is 53.4 Å². The second-order valence-corrected chi connectivity index (χ2v) is 8.76. The van der Waals surface area contributed by atoms with Gasteiger partial charge in [-0.3, -0.25) is 9.59 Å². The Balaban J connectivity index is 1.80. The zero-order valence-corrected chi connectivity index (χ0v) is 16.7. The van der Waals surface area contributed by atoms with Crippen LogP contribution in [0.1, 0.15) is 27.6 Å². The van der Waals surface area contributed by atoms with Gasteiger partial charge in [0.2, 0.25) is 10.0 Å². The number of carbonyl (C=O) groups excluding carboxylic acids is 2. The molecule has 148 valence electrons. The molecule has 2 aromatic rings. The highest BCUT2D eigenvalue weighted by Crippen LogP contribution is 2.20. The van der Waals surface area contributed by atoms with Gasteiger partial charge in [0, 0.05) is 43.0 Å². The number of ketones is 1. The number of hydrogen-bond acceptors (Lipinski definition) is 5. The van der Waals surface area contributed by atoms with E-state index in [1.807, 2.05) is 7.05 Å². The first-order valence-electron chi connectivity index (χ1n) is 8.98. The van der Waals surface area contributed by atoms with Crippen molar-refractivity contribution in [1.82, 2.24) is 9.21 Å². The summed E-state index contributed by atoms with van der Waals surface area (Å²) in [6, 6.07) is 12.6. The average Bonchev–Trinajstić information content (AvgIpc) is 2.68. The normalized spacial score (nSPS) is 15.9. The average molecular weight is 401 g/mol. The quantitative estimate of drug-likeness (QED) is 0.775. The van der Waals surface area contributed by atoms with E-state index in [-0.39, 0.29) is 16.2 Å². The molecule has 1 amide bonds. The molecule has 1 N–H and O–H groups in total. The standard InChI is InChI=1S/C20H23N3O4S/c1-15(24)16-5-3-7-18(13-16)21-20(25)17-6-4-8-19(14-17)28(26,27)23-11-9-22(2)10-12-23/h3-8,13-14H,9-12H2,1-2H3,(H,21,25). The molecule has 0 saturated carbocycles. The molecule has 1 aliphatic heterocycles. The minimum atomic E-state index is -3.65. The Morgan fingerprint density at radius 1 is 0.929 bits per heavy atom. The Morgan fingerprint density at radius 2 is 1.57 bits per heavy atom. The zero-order valence-electron chi connectivity index (χ0n) is 15.9. The molecule has 0 unspecified atom stereocenters. The molecule has 1 fully saturated rings. The van der Waals surface area contributed by atoms with Crippen molar-refractivity contribution in [3.63, 3.8) is 0 Å². The third kappa shape index (κ3) is 4.46. The fourth-order valence-corrected chi connectivity index (χ4v) is 4.46. The Labute approximate surface area is 165 Å². The molecule has 0 bridgehead atoms. The number of nitrogens with one attached hydrogen (secondary N) is 1. The van der Waals surface area contributed by atoms with Crippen molar-refractivity contribution < 1.29 is 18.0 Å². The van der Waals surface area contributed by atoms with Crippen molar-refractivity contribution in [3.8, 4) is 0 Å². The highest BCUT2D eigenvalue weighted by Gasteiger charge is 2.27. The van der Waals surface area contributed by atoms with Gasteiger partial charge in [-0.15, -0.1) is 0 Å². The molecule has 0 radical (unpaired) electrons. The van der Waals surface area contributed by atoms with E-state index in [0.717, 1.165) is 0 Å². The number of likely N-dealkylation sites (N-methyl/N-ethyl adjacent to an activating group) is 1. The van der Waals surface area contributed by atoms with Crippen LogP contribution in [0.5, 0.6) is 0 Å². The first-order chi connectivity index (χ1) is 13.3. The van der Waals surface area contributed by atoms with Gasteiger partial charge in [0.25, 0.3) is 5.91 Å². The predicted octanol–water partition coefficient (Wildman–Crippen LogP) is 2.08. The highest BCUT2D eigenvalue weighted by atomic mass is 32.2. The molecule has 28 heavy (non-hydrogen) atoms. The van der Waals surface area contributed by atoms with Crippen LogP contribution >= 0.6 is 0 Å². The van der Waals surface area contributed by atoms with Gasteiger partial charge in [-0.05, 0) is 44.3 Å². The monoisotopic (exact) mass is 401 g/mol. The van der Waals surface area contributed by atoms with E-state index in [9.17, 15) is 18.0 Å². The fourth-order valence-electron chi connectivity index (χ4n) is 2.99. The Hall–Kier alpha value is -2.55. The molecule has 0 atom stereocenters. The van der Waals surface area contributed by atoms with Crippen molar-refractivity contribution in [2.24, 2.45) is 0 Å². The molecular weight excluding hydrogens is 378 g/mol. The number of anilines is 1. The minimum Gasteiger partial charge on any atom is -0.322 e. The maximum Gasteiger partial charge on any atom is 0.255 e. The number of carbonyl (C=O) groups is 2. The van der Waals surface area contributed by atoms with Gasteiger partial charge in [-0.2, -0.15) is 4.31 Å². The molecule has 3 rings (SSSR count). The summed E-state index contributed by atoms with van der Waals surface area (Å²) in [5.74, 6) is -0.535. The van der Waals surface area contributed by atoms with Crippen molar-refractivity contribution in [1.29, 1.82) is 0 Å². The summed E-state index contributed by atoms with van der Waals surface area (Å²) in [6.45, 7) is 3.64. The minimum absolute atomic E-state index is 0.0992. The molecule has 0 spiro atoms. The van der Waals surface area contributed by atoms with E-state index < -0.39 is 15.9 Å². The second-order valence-electron chi connectivity index (χ2n) is 6.83. The lowest BCUT2D eigenvalue weighted by molar-refractivity contribution is 0.101. The van der Waals surface area contributed by atoms with Crippen LogP contribution in [0.2, 0.25) is 0 Å². The Bertz CT molecular complexity index is 996. The zero-order chi connectivity index (χ0) is 20.3. The molecule has 0 aromatic heterocycles. The molecule has 1 saturated heterocycles. The number of amides is 1. The smallest absolute Gasteiger partial charge is 0.255 e. The van der Waals surface area contributed by atoms with Gasteiger partial charge < -0.3 is 10.2 Å². The lowest BCUT2D eigenvalue weighted by Gasteiger charge is -2.31. The first kappa shape index (κ1) is 20.2. The molecule has 2 aromatic carbocycles. The number of Topliss-reactive ketones (excluding diaryl/α,β-unsaturated/α-hetero) is 1. The van der Waals surface area contributed by atoms with Gasteiger partial charge in [0.15, 0.2) is 5.78 Å². The van der Waals surface area contributed by atoms with Crippen LogP contribution in [-0.4, -0.2) is 62.5 Å². The van der Waals surface area contributed by atoms with Crippen LogP contribution in [0.25, 0.3) is 0 Å². The number of sulfonamides is 1. The Morgan fingerprint density at radius 3 is 2.25 bits per heavy atom. The maximum absolute atomic E-state index is 12.9. The van der Waals surface area contributed by atoms with Crippen LogP contribution in [-0.2, 0) is 10.0 Å². The topological polar surface area (TPSA) is 86.8 Å². The van der Waals surface area contributed by atoms with E-state index >= 15 is 0 Å². The third-order valence-corrected chi connectivity index (χ3v) is 6.62. The van der Waals surface area contributed by atoms with E-state index in [2.05, 4.69) is 10.2 Å². The van der Waals surface area contributed by atoms with Crippen LogP contribution in [0.3, 0.4) is 0 Å². The van der Waals surface area contributed by atoms with Crippen molar-refractivity contribution in [2.45, 2.75) is 11.8 Å². The van der Waals surface area contributed by atoms with E-state index in [0.29, 0.717) is 37.4 Å². The summed E-state index contributed by atoms with van der Waals surface area (Å²) >= 11 is 0. The van der Waals surface area contributed by atoms with Crippen molar-refractivity contribution in [2.75, 3.05) is 38.5 Å². The van der Waals surface area contributed by atoms with Gasteiger partial charge in [-0.1, -0.05) is 18.2 Å². The first-order valence-corrected chi connectivity index (χ1v) is 10.4. The van der Waals surface area contributed by atoms with Crippen LogP contribution < -0.4 is 5.32 Å². The molecule has 0 aliphatic carbocycles. The van der Waals surface area contributed by atoms with Crippen LogP contribution in [0, 0.1) is 0 Å². The summed E-state index contributed by atoms with van der Waals surface area (Å²) in [6.07, 6.45) is 0. The number of hydrogen-bond donors (Lipinski definition) is 1. The lowest BCUT2D eigenvalue weighted by atomic mass is 10.1. The largest absolute Gasteiger partial charge is 0.322 e. The number of rotatable bonds is 5. The SMILES string of the molecule is CC(=O)c1cccc(NC(=O)c2cccc(S(=O)(=O)N3CCN(C)CC3)c2)c1. The van der Waals surface area contributed by atoms with E-state index in [1.54, 1.807) is 36.4 Å². The third-order valence-electron chi connectivity index (χ3n) is 4.72. The molecule has 1 heterocycles. The second kappa shape index (κ2) is 8.22. The fraction of sp³-hybridized carbons (Fsp3) is 0.300. The molecule has 1 aliphatic rings. The maximum atomic E-state index is 12.9. The van der Waals surface area contributed by atoms with Crippen LogP contribution in [0.4, 0.5) is 5.69 Å². The number of benzene rings is 2. The van der Waals surface area contributed by atoms with Crippen molar-refractivity contribution in [3.05, 3.63) is 59.7 Å². The number of piperazine rings is 1. The lowest BCUT2D eigenvalue weighted by Crippen LogP contribution is -2.47. The summed E-state index contributed by atoms with van der Waals surface area (Å²) in [7, 11) is -1.70. The van der Waals surface area contributed by atoms with Gasteiger partial charge in [-0.25, -0.2) is 8.42 Å². The highest BCUT2D eigenvalue weighted by molar-refractivity contribution is 7.89. The number of nitrogens with zero attached hydrogens (tertiary/aromatic N) is 2. The Kier molecular flexibility index (Phi) is 5.93. The van der Waals surface area contributed by atoms with Gasteiger partial charge >= 0.3 is 0 Å². The van der Waals surface area contributed by atoms with E-state index in [1.165, 1.54) is 23.4 Å². The molecule has 8 heteroatoms. The summed E-state index contributed by atoms with van der Waals surface area (Å²) in [5, 5.41) is 2.71. The van der Waals surface area contributed by atoms with Gasteiger partial charge in [0.1, 0.15) is 0 Å². The molecular formula is C20H23N3O4S. The summed E-state index contributed by atoms with van der Waals surface area (Å²) in [5.41, 5.74) is 1.21. The van der Waals surface area contributed by atoms with Crippen molar-refractivity contribution >= 4 is 27.4 Å². The summed E-state index contributed by atoms with van der Waals surface area (Å²) < 4.78 is 27.2. The predicted molar refractivity (Wildman–Crippen MR) is 107 cm³/mol. The van der Waals surface area contributed by atoms with E-state index in [4.69, 9.17) is 0 Å². The molecule has 7 nitrogen and oxygen atoms in total. The van der Waals surface area contributed by atoms with Gasteiger partial charge in [0.05, 0.1) is 4.90 Å². The summed E-state index contributed by atoms with van der Waals surface area (Å²) in [4.78, 5) is 26.2.